The number of benzene rings is 2. The Morgan fingerprint density at radius 3 is 2.50 bits per heavy atom. The fourth-order valence-corrected chi connectivity index (χ4v) is 3.15. The van der Waals surface area contributed by atoms with Crippen LogP contribution in [0.3, 0.4) is 0 Å². The second-order valence-electron chi connectivity index (χ2n) is 8.59. The van der Waals surface area contributed by atoms with E-state index in [4.69, 9.17) is 4.74 Å². The number of aliphatic imine (C=N–C) groups is 1. The molecule has 176 valence electrons. The molecule has 0 bridgehead atoms. The Labute approximate surface area is 209 Å². The van der Waals surface area contributed by atoms with Gasteiger partial charge < -0.3 is 20.7 Å². The Morgan fingerprint density at radius 1 is 1.09 bits per heavy atom. The lowest BCUT2D eigenvalue weighted by Crippen LogP contribution is -2.40. The van der Waals surface area contributed by atoms with Crippen LogP contribution in [0.1, 0.15) is 54.7 Å². The SMILES string of the molecule is CCNC(=NCc1cccc(C(=O)NC(C)(C)C)c1)NCCc1cc(C)ccc1OC.I. The van der Waals surface area contributed by atoms with Crippen molar-refractivity contribution in [3.63, 3.8) is 0 Å². The highest BCUT2D eigenvalue weighted by Gasteiger charge is 2.15. The molecule has 0 heterocycles. The quantitative estimate of drug-likeness (QED) is 0.257. The van der Waals surface area contributed by atoms with Gasteiger partial charge in [0.05, 0.1) is 13.7 Å². The fraction of sp³-hybridized carbons (Fsp3) is 0.440. The first-order valence-electron chi connectivity index (χ1n) is 10.8. The minimum absolute atomic E-state index is 0. The lowest BCUT2D eigenvalue weighted by Gasteiger charge is -2.20. The van der Waals surface area contributed by atoms with Gasteiger partial charge in [0.1, 0.15) is 5.75 Å². The molecule has 0 unspecified atom stereocenters. The fourth-order valence-electron chi connectivity index (χ4n) is 3.15. The molecule has 0 aliphatic carbocycles. The third-order valence-electron chi connectivity index (χ3n) is 4.56. The summed E-state index contributed by atoms with van der Waals surface area (Å²) in [6.45, 7) is 12.0. The van der Waals surface area contributed by atoms with Crippen LogP contribution in [0.2, 0.25) is 0 Å². The Balaban J connectivity index is 0.00000512. The first-order valence-corrected chi connectivity index (χ1v) is 10.8. The van der Waals surface area contributed by atoms with Gasteiger partial charge in [0.25, 0.3) is 5.91 Å². The van der Waals surface area contributed by atoms with Gasteiger partial charge in [-0.1, -0.05) is 29.8 Å². The molecule has 32 heavy (non-hydrogen) atoms. The van der Waals surface area contributed by atoms with Crippen LogP contribution in [0.5, 0.6) is 5.75 Å². The third kappa shape index (κ3) is 9.46. The van der Waals surface area contributed by atoms with Crippen LogP contribution < -0.4 is 20.7 Å². The van der Waals surface area contributed by atoms with Crippen molar-refractivity contribution in [2.24, 2.45) is 4.99 Å². The first kappa shape index (κ1) is 27.7. The Bertz CT molecular complexity index is 907. The molecule has 0 radical (unpaired) electrons. The van der Waals surface area contributed by atoms with Gasteiger partial charge in [-0.15, -0.1) is 24.0 Å². The summed E-state index contributed by atoms with van der Waals surface area (Å²) in [4.78, 5) is 17.1. The van der Waals surface area contributed by atoms with E-state index in [0.717, 1.165) is 36.8 Å². The van der Waals surface area contributed by atoms with E-state index >= 15 is 0 Å². The van der Waals surface area contributed by atoms with Crippen molar-refractivity contribution in [1.82, 2.24) is 16.0 Å². The number of amides is 1. The molecule has 0 spiro atoms. The van der Waals surface area contributed by atoms with Crippen molar-refractivity contribution in [3.8, 4) is 5.75 Å². The van der Waals surface area contributed by atoms with Gasteiger partial charge in [-0.3, -0.25) is 4.79 Å². The molecule has 0 fully saturated rings. The molecule has 7 heteroatoms. The number of hydrogen-bond acceptors (Lipinski definition) is 3. The van der Waals surface area contributed by atoms with E-state index < -0.39 is 0 Å². The molecule has 2 aromatic rings. The monoisotopic (exact) mass is 552 g/mol. The molecule has 0 aromatic heterocycles. The van der Waals surface area contributed by atoms with Gasteiger partial charge in [-0.05, 0) is 70.4 Å². The van der Waals surface area contributed by atoms with Crippen LogP contribution in [0.25, 0.3) is 0 Å². The summed E-state index contributed by atoms with van der Waals surface area (Å²) in [7, 11) is 1.70. The number of nitrogens with one attached hydrogen (secondary N) is 3. The lowest BCUT2D eigenvalue weighted by molar-refractivity contribution is 0.0919. The van der Waals surface area contributed by atoms with Gasteiger partial charge in [0, 0.05) is 24.2 Å². The van der Waals surface area contributed by atoms with Gasteiger partial charge in [-0.25, -0.2) is 4.99 Å². The molecular weight excluding hydrogens is 515 g/mol. The van der Waals surface area contributed by atoms with E-state index in [1.54, 1.807) is 7.11 Å². The van der Waals surface area contributed by atoms with E-state index in [1.165, 1.54) is 11.1 Å². The van der Waals surface area contributed by atoms with Crippen LogP contribution in [0, 0.1) is 6.92 Å². The zero-order valence-electron chi connectivity index (χ0n) is 20.0. The van der Waals surface area contributed by atoms with Crippen molar-refractivity contribution in [1.29, 1.82) is 0 Å². The van der Waals surface area contributed by atoms with Gasteiger partial charge in [0.15, 0.2) is 5.96 Å². The highest BCUT2D eigenvalue weighted by molar-refractivity contribution is 14.0. The number of methoxy groups -OCH3 is 1. The summed E-state index contributed by atoms with van der Waals surface area (Å²) >= 11 is 0. The number of nitrogens with zero attached hydrogens (tertiary/aromatic N) is 1. The molecule has 2 aromatic carbocycles. The zero-order chi connectivity index (χ0) is 22.9. The average molecular weight is 553 g/mol. The Hall–Kier alpha value is -2.29. The number of ether oxygens (including phenoxy) is 1. The van der Waals surface area contributed by atoms with Crippen molar-refractivity contribution < 1.29 is 9.53 Å². The van der Waals surface area contributed by atoms with Crippen molar-refractivity contribution in [2.45, 2.75) is 53.1 Å². The summed E-state index contributed by atoms with van der Waals surface area (Å²) < 4.78 is 5.47. The largest absolute Gasteiger partial charge is 0.496 e. The number of aryl methyl sites for hydroxylation is 1. The van der Waals surface area contributed by atoms with Crippen LogP contribution >= 0.6 is 24.0 Å². The second kappa shape index (κ2) is 13.3. The maximum absolute atomic E-state index is 12.4. The molecule has 1 amide bonds. The molecule has 6 nitrogen and oxygen atoms in total. The molecule has 0 saturated heterocycles. The molecule has 0 aliphatic rings. The zero-order valence-corrected chi connectivity index (χ0v) is 22.4. The van der Waals surface area contributed by atoms with Crippen LogP contribution in [-0.4, -0.2) is 37.6 Å². The number of guanidine groups is 1. The summed E-state index contributed by atoms with van der Waals surface area (Å²) in [5, 5.41) is 9.65. The molecular formula is C25H37IN4O2. The third-order valence-corrected chi connectivity index (χ3v) is 4.56. The predicted octanol–water partition coefficient (Wildman–Crippen LogP) is 4.45. The number of rotatable bonds is 8. The van der Waals surface area contributed by atoms with E-state index in [1.807, 2.05) is 58.0 Å². The van der Waals surface area contributed by atoms with Crippen molar-refractivity contribution in [3.05, 3.63) is 64.7 Å². The Kier molecular flexibility index (Phi) is 11.5. The first-order chi connectivity index (χ1) is 14.7. The molecule has 2 rings (SSSR count). The molecule has 3 N–H and O–H groups in total. The van der Waals surface area contributed by atoms with E-state index in [2.05, 4.69) is 40.0 Å². The minimum Gasteiger partial charge on any atom is -0.496 e. The maximum atomic E-state index is 12.4. The number of hydrogen-bond donors (Lipinski definition) is 3. The summed E-state index contributed by atoms with van der Waals surface area (Å²) in [6.07, 6.45) is 0.831. The Morgan fingerprint density at radius 2 is 1.84 bits per heavy atom. The lowest BCUT2D eigenvalue weighted by atomic mass is 10.1. The predicted molar refractivity (Wildman–Crippen MR) is 143 cm³/mol. The normalized spacial score (nSPS) is 11.4. The topological polar surface area (TPSA) is 74.8 Å². The van der Waals surface area contributed by atoms with Crippen LogP contribution in [0.4, 0.5) is 0 Å². The number of halogens is 1. The van der Waals surface area contributed by atoms with E-state index in [9.17, 15) is 4.79 Å². The molecule has 0 atom stereocenters. The van der Waals surface area contributed by atoms with Gasteiger partial charge in [0.2, 0.25) is 0 Å². The van der Waals surface area contributed by atoms with Crippen molar-refractivity contribution in [2.75, 3.05) is 20.2 Å². The summed E-state index contributed by atoms with van der Waals surface area (Å²) in [5.41, 5.74) is 3.74. The van der Waals surface area contributed by atoms with Crippen LogP contribution in [0.15, 0.2) is 47.5 Å². The second-order valence-corrected chi connectivity index (χ2v) is 8.59. The molecule has 0 saturated carbocycles. The van der Waals surface area contributed by atoms with E-state index in [0.29, 0.717) is 12.1 Å². The van der Waals surface area contributed by atoms with Gasteiger partial charge in [-0.2, -0.15) is 0 Å². The van der Waals surface area contributed by atoms with E-state index in [-0.39, 0.29) is 35.4 Å². The molecule has 0 aliphatic heterocycles. The summed E-state index contributed by atoms with van der Waals surface area (Å²) in [5.74, 6) is 1.58. The average Bonchev–Trinajstić information content (AvgIpc) is 2.71. The minimum atomic E-state index is -0.270. The smallest absolute Gasteiger partial charge is 0.251 e. The number of carbonyl (C=O) groups excluding carboxylic acids is 1. The highest BCUT2D eigenvalue weighted by Crippen LogP contribution is 2.19. The van der Waals surface area contributed by atoms with Gasteiger partial charge >= 0.3 is 0 Å². The van der Waals surface area contributed by atoms with Crippen LogP contribution in [-0.2, 0) is 13.0 Å². The van der Waals surface area contributed by atoms with Crippen molar-refractivity contribution >= 4 is 35.8 Å². The highest BCUT2D eigenvalue weighted by atomic mass is 127. The summed E-state index contributed by atoms with van der Waals surface area (Å²) in [6, 6.07) is 13.8. The standard InChI is InChI=1S/C25H36N4O2.HI/c1-7-26-24(27-14-13-20-15-18(2)11-12-22(20)31-6)28-17-19-9-8-10-21(16-19)23(30)29-25(3,4)5;/h8-12,15-16H,7,13-14,17H2,1-6H3,(H,29,30)(H2,26,27,28);1H. The maximum Gasteiger partial charge on any atom is 0.251 e. The number of carbonyl (C=O) groups is 1.